The molecule has 0 aliphatic carbocycles. The minimum Gasteiger partial charge on any atom is -0.357 e. The number of aliphatic imine (C=N–C) groups is 1. The Balaban J connectivity index is 1.75. The van der Waals surface area contributed by atoms with Gasteiger partial charge in [-0.2, -0.15) is 0 Å². The number of aryl methyl sites for hydroxylation is 1. The smallest absolute Gasteiger partial charge is 0.191 e. The number of halogens is 2. The maximum absolute atomic E-state index is 6.24. The van der Waals surface area contributed by atoms with Gasteiger partial charge in [0, 0.05) is 55.4 Å². The normalized spacial score (nSPS) is 17.7. The van der Waals surface area contributed by atoms with Crippen LogP contribution >= 0.6 is 23.2 Å². The lowest BCUT2D eigenvalue weighted by Gasteiger charge is -2.35. The summed E-state index contributed by atoms with van der Waals surface area (Å²) in [6.45, 7) is 11.4. The first-order valence-corrected chi connectivity index (χ1v) is 10.6. The molecule has 1 saturated heterocycles. The van der Waals surface area contributed by atoms with Gasteiger partial charge in [-0.3, -0.25) is 9.89 Å². The second-order valence-corrected chi connectivity index (χ2v) is 8.02. The van der Waals surface area contributed by atoms with Crippen LogP contribution in [0.4, 0.5) is 0 Å². The number of piperazine rings is 1. The highest BCUT2D eigenvalue weighted by atomic mass is 35.5. The monoisotopic (exact) mass is 413 g/mol. The number of nitrogens with zero attached hydrogens (tertiary/aromatic N) is 3. The number of likely N-dealkylation sites (N-methyl/N-ethyl adjacent to an activating group) is 1. The standard InChI is InChI=1S/C20H33Cl2N5/c1-4-23-20(25-15-16(2)27-12-10-26(3)11-13-27)24-9-5-6-17-7-8-18(21)14-19(17)22/h7-8,14,16H,4-6,9-13,15H2,1-3H3,(H2,23,24,25). The molecule has 1 unspecified atom stereocenters. The minimum absolute atomic E-state index is 0.460. The average molecular weight is 414 g/mol. The summed E-state index contributed by atoms with van der Waals surface area (Å²) in [4.78, 5) is 9.68. The maximum Gasteiger partial charge on any atom is 0.191 e. The lowest BCUT2D eigenvalue weighted by Crippen LogP contribution is -2.49. The van der Waals surface area contributed by atoms with Crippen LogP contribution in [-0.2, 0) is 6.42 Å². The van der Waals surface area contributed by atoms with Gasteiger partial charge in [0.05, 0.1) is 6.54 Å². The van der Waals surface area contributed by atoms with Crippen molar-refractivity contribution in [2.75, 3.05) is 52.9 Å². The number of hydrogen-bond acceptors (Lipinski definition) is 3. The highest BCUT2D eigenvalue weighted by Gasteiger charge is 2.18. The summed E-state index contributed by atoms with van der Waals surface area (Å²) in [6.07, 6.45) is 1.90. The molecule has 1 atom stereocenters. The SMILES string of the molecule is CCNC(=NCC(C)N1CCN(C)CC1)NCCCc1ccc(Cl)cc1Cl. The first-order valence-electron chi connectivity index (χ1n) is 9.88. The van der Waals surface area contributed by atoms with Crippen LogP contribution in [0.5, 0.6) is 0 Å². The van der Waals surface area contributed by atoms with E-state index in [4.69, 9.17) is 28.2 Å². The molecule has 7 heteroatoms. The third-order valence-corrected chi connectivity index (χ3v) is 5.54. The van der Waals surface area contributed by atoms with Crippen molar-refractivity contribution in [1.82, 2.24) is 20.4 Å². The van der Waals surface area contributed by atoms with Crippen molar-refractivity contribution >= 4 is 29.2 Å². The summed E-state index contributed by atoms with van der Waals surface area (Å²) in [5, 5.41) is 8.18. The third kappa shape index (κ3) is 7.86. The number of rotatable bonds is 8. The van der Waals surface area contributed by atoms with E-state index in [1.165, 1.54) is 0 Å². The van der Waals surface area contributed by atoms with Crippen molar-refractivity contribution < 1.29 is 0 Å². The molecule has 27 heavy (non-hydrogen) atoms. The third-order valence-electron chi connectivity index (χ3n) is 4.95. The molecular formula is C20H33Cl2N5. The fourth-order valence-electron chi connectivity index (χ4n) is 3.15. The molecule has 1 fully saturated rings. The van der Waals surface area contributed by atoms with Crippen LogP contribution in [0.3, 0.4) is 0 Å². The van der Waals surface area contributed by atoms with Gasteiger partial charge in [0.2, 0.25) is 0 Å². The predicted octanol–water partition coefficient (Wildman–Crippen LogP) is 3.12. The van der Waals surface area contributed by atoms with Gasteiger partial charge in [-0.05, 0) is 51.4 Å². The molecule has 0 bridgehead atoms. The van der Waals surface area contributed by atoms with E-state index in [1.807, 2.05) is 12.1 Å². The molecular weight excluding hydrogens is 381 g/mol. The zero-order valence-corrected chi connectivity index (χ0v) is 18.3. The minimum atomic E-state index is 0.460. The van der Waals surface area contributed by atoms with Crippen LogP contribution < -0.4 is 10.6 Å². The van der Waals surface area contributed by atoms with E-state index in [0.29, 0.717) is 11.1 Å². The number of hydrogen-bond donors (Lipinski definition) is 2. The van der Waals surface area contributed by atoms with Gasteiger partial charge in [-0.1, -0.05) is 29.3 Å². The summed E-state index contributed by atoms with van der Waals surface area (Å²) in [5.74, 6) is 0.890. The topological polar surface area (TPSA) is 42.9 Å². The van der Waals surface area contributed by atoms with Crippen molar-refractivity contribution in [3.05, 3.63) is 33.8 Å². The van der Waals surface area contributed by atoms with Gasteiger partial charge in [0.25, 0.3) is 0 Å². The highest BCUT2D eigenvalue weighted by molar-refractivity contribution is 6.35. The van der Waals surface area contributed by atoms with Crippen molar-refractivity contribution in [3.8, 4) is 0 Å². The zero-order valence-electron chi connectivity index (χ0n) is 16.8. The maximum atomic E-state index is 6.24. The van der Waals surface area contributed by atoms with Gasteiger partial charge in [-0.25, -0.2) is 0 Å². The molecule has 0 spiro atoms. The fraction of sp³-hybridized carbons (Fsp3) is 0.650. The Morgan fingerprint density at radius 1 is 1.19 bits per heavy atom. The Hall–Kier alpha value is -1.01. The van der Waals surface area contributed by atoms with Gasteiger partial charge in [0.15, 0.2) is 5.96 Å². The Morgan fingerprint density at radius 3 is 2.59 bits per heavy atom. The average Bonchev–Trinajstić information content (AvgIpc) is 2.64. The lowest BCUT2D eigenvalue weighted by atomic mass is 10.1. The van der Waals surface area contributed by atoms with E-state index >= 15 is 0 Å². The van der Waals surface area contributed by atoms with Crippen LogP contribution in [0.25, 0.3) is 0 Å². The van der Waals surface area contributed by atoms with Crippen LogP contribution in [0.2, 0.25) is 10.0 Å². The number of nitrogens with one attached hydrogen (secondary N) is 2. The molecule has 2 N–H and O–H groups in total. The van der Waals surface area contributed by atoms with Gasteiger partial charge >= 0.3 is 0 Å². The van der Waals surface area contributed by atoms with Gasteiger partial charge < -0.3 is 15.5 Å². The summed E-state index contributed by atoms with van der Waals surface area (Å²) < 4.78 is 0. The summed E-state index contributed by atoms with van der Waals surface area (Å²) in [7, 11) is 2.19. The van der Waals surface area contributed by atoms with Gasteiger partial charge in [-0.15, -0.1) is 0 Å². The van der Waals surface area contributed by atoms with Crippen LogP contribution in [0, 0.1) is 0 Å². The number of guanidine groups is 1. The van der Waals surface area contributed by atoms with E-state index in [0.717, 1.165) is 75.2 Å². The Kier molecular flexibility index (Phi) is 9.69. The van der Waals surface area contributed by atoms with Crippen molar-refractivity contribution in [1.29, 1.82) is 0 Å². The van der Waals surface area contributed by atoms with E-state index in [1.54, 1.807) is 6.07 Å². The molecule has 5 nitrogen and oxygen atoms in total. The molecule has 1 aromatic rings. The summed E-state index contributed by atoms with van der Waals surface area (Å²) in [5.41, 5.74) is 1.13. The van der Waals surface area contributed by atoms with E-state index in [-0.39, 0.29) is 0 Å². The Morgan fingerprint density at radius 2 is 1.93 bits per heavy atom. The van der Waals surface area contributed by atoms with E-state index in [2.05, 4.69) is 41.3 Å². The van der Waals surface area contributed by atoms with Crippen LogP contribution in [0.1, 0.15) is 25.8 Å². The Bertz CT molecular complexity index is 600. The van der Waals surface area contributed by atoms with Gasteiger partial charge in [0.1, 0.15) is 0 Å². The molecule has 0 aromatic heterocycles. The molecule has 0 amide bonds. The molecule has 1 aromatic carbocycles. The molecule has 152 valence electrons. The molecule has 0 radical (unpaired) electrons. The molecule has 1 aliphatic heterocycles. The lowest BCUT2D eigenvalue weighted by molar-refractivity contribution is 0.122. The van der Waals surface area contributed by atoms with Crippen LogP contribution in [-0.4, -0.2) is 74.7 Å². The summed E-state index contributed by atoms with van der Waals surface area (Å²) in [6, 6.07) is 6.15. The zero-order chi connectivity index (χ0) is 19.6. The van der Waals surface area contributed by atoms with E-state index in [9.17, 15) is 0 Å². The number of benzene rings is 1. The molecule has 2 rings (SSSR count). The summed E-state index contributed by atoms with van der Waals surface area (Å²) >= 11 is 12.2. The largest absolute Gasteiger partial charge is 0.357 e. The fourth-order valence-corrected chi connectivity index (χ4v) is 3.66. The van der Waals surface area contributed by atoms with Crippen molar-refractivity contribution in [2.24, 2.45) is 4.99 Å². The van der Waals surface area contributed by atoms with Crippen LogP contribution in [0.15, 0.2) is 23.2 Å². The quantitative estimate of drug-likeness (QED) is 0.390. The second kappa shape index (κ2) is 11.7. The van der Waals surface area contributed by atoms with Crippen molar-refractivity contribution in [2.45, 2.75) is 32.7 Å². The highest BCUT2D eigenvalue weighted by Crippen LogP contribution is 2.21. The second-order valence-electron chi connectivity index (χ2n) is 7.17. The predicted molar refractivity (Wildman–Crippen MR) is 117 cm³/mol. The van der Waals surface area contributed by atoms with E-state index < -0.39 is 0 Å². The van der Waals surface area contributed by atoms with Crippen molar-refractivity contribution in [3.63, 3.8) is 0 Å². The molecule has 1 aliphatic rings. The Labute approximate surface area is 174 Å². The molecule has 1 heterocycles. The first kappa shape index (κ1) is 22.3. The first-order chi connectivity index (χ1) is 13.0. The molecule has 0 saturated carbocycles.